The fourth-order valence-corrected chi connectivity index (χ4v) is 3.41. The summed E-state index contributed by atoms with van der Waals surface area (Å²) in [6.45, 7) is 4.68. The first-order valence-electron chi connectivity index (χ1n) is 11.6. The van der Waals surface area contributed by atoms with Crippen molar-refractivity contribution in [1.29, 1.82) is 0 Å². The summed E-state index contributed by atoms with van der Waals surface area (Å²) in [6, 6.07) is 6.65. The third-order valence-electron chi connectivity index (χ3n) is 5.12. The molecule has 0 N–H and O–H groups in total. The summed E-state index contributed by atoms with van der Waals surface area (Å²) >= 11 is 0. The van der Waals surface area contributed by atoms with Gasteiger partial charge in [-0.05, 0) is 25.5 Å². The van der Waals surface area contributed by atoms with E-state index in [1.54, 1.807) is 31.2 Å². The lowest BCUT2D eigenvalue weighted by Crippen LogP contribution is -2.14. The van der Waals surface area contributed by atoms with E-state index in [4.69, 9.17) is 9.47 Å². The quantitative estimate of drug-likeness (QED) is 0.205. The van der Waals surface area contributed by atoms with Gasteiger partial charge in [0, 0.05) is 0 Å². The maximum atomic E-state index is 12.3. The van der Waals surface area contributed by atoms with Gasteiger partial charge in [-0.15, -0.1) is 0 Å². The molecule has 4 heteroatoms. The summed E-state index contributed by atoms with van der Waals surface area (Å²) < 4.78 is 10.3. The van der Waals surface area contributed by atoms with Crippen molar-refractivity contribution in [2.75, 3.05) is 13.2 Å². The van der Waals surface area contributed by atoms with E-state index in [9.17, 15) is 9.59 Å². The molecule has 29 heavy (non-hydrogen) atoms. The number of hydrogen-bond acceptors (Lipinski definition) is 4. The molecule has 0 aliphatic rings. The van der Waals surface area contributed by atoms with Gasteiger partial charge in [0.2, 0.25) is 0 Å². The van der Waals surface area contributed by atoms with Crippen LogP contribution in [-0.2, 0) is 9.47 Å². The molecule has 1 rings (SSSR count). The second kappa shape index (κ2) is 17.1. The molecule has 164 valence electrons. The van der Waals surface area contributed by atoms with Gasteiger partial charge in [-0.25, -0.2) is 9.59 Å². The van der Waals surface area contributed by atoms with Gasteiger partial charge in [0.25, 0.3) is 0 Å². The van der Waals surface area contributed by atoms with Crippen molar-refractivity contribution in [3.05, 3.63) is 35.4 Å². The molecule has 0 aliphatic heterocycles. The Kier molecular flexibility index (Phi) is 14.8. The van der Waals surface area contributed by atoms with Crippen molar-refractivity contribution in [1.82, 2.24) is 0 Å². The van der Waals surface area contributed by atoms with Gasteiger partial charge in [-0.1, -0.05) is 96.1 Å². The molecule has 0 aromatic heterocycles. The lowest BCUT2D eigenvalue weighted by Gasteiger charge is -2.09. The van der Waals surface area contributed by atoms with Gasteiger partial charge in [0.05, 0.1) is 24.3 Å². The van der Waals surface area contributed by atoms with Crippen LogP contribution in [-0.4, -0.2) is 25.2 Å². The Balaban J connectivity index is 2.06. The number of esters is 2. The Morgan fingerprint density at radius 1 is 0.621 bits per heavy atom. The van der Waals surface area contributed by atoms with E-state index in [1.165, 1.54) is 70.6 Å². The van der Waals surface area contributed by atoms with Crippen LogP contribution < -0.4 is 0 Å². The van der Waals surface area contributed by atoms with Crippen molar-refractivity contribution in [3.8, 4) is 0 Å². The van der Waals surface area contributed by atoms with Gasteiger partial charge in [0.1, 0.15) is 0 Å². The monoisotopic (exact) mass is 404 g/mol. The maximum absolute atomic E-state index is 12.3. The molecule has 0 fully saturated rings. The second-order valence-electron chi connectivity index (χ2n) is 7.64. The minimum absolute atomic E-state index is 0.268. The van der Waals surface area contributed by atoms with Crippen LogP contribution in [0.4, 0.5) is 0 Å². The van der Waals surface area contributed by atoms with E-state index < -0.39 is 11.9 Å². The number of unbranched alkanes of at least 4 members (excludes halogenated alkanes) is 12. The molecule has 0 saturated carbocycles. The van der Waals surface area contributed by atoms with E-state index >= 15 is 0 Å². The van der Waals surface area contributed by atoms with Crippen LogP contribution in [0, 0.1) is 0 Å². The SMILES string of the molecule is CCCCCCCCCCCCCCCOC(=O)c1ccccc1C(=O)OCC. The number of benzene rings is 1. The predicted molar refractivity (Wildman–Crippen MR) is 118 cm³/mol. The van der Waals surface area contributed by atoms with Gasteiger partial charge in [0.15, 0.2) is 0 Å². The van der Waals surface area contributed by atoms with Gasteiger partial charge < -0.3 is 9.47 Å². The van der Waals surface area contributed by atoms with Crippen molar-refractivity contribution < 1.29 is 19.1 Å². The lowest BCUT2D eigenvalue weighted by atomic mass is 10.0. The smallest absolute Gasteiger partial charge is 0.339 e. The predicted octanol–water partition coefficient (Wildman–Crippen LogP) is 7.11. The summed E-state index contributed by atoms with van der Waals surface area (Å²) in [5.41, 5.74) is 0.547. The lowest BCUT2D eigenvalue weighted by molar-refractivity contribution is 0.0462. The number of carbonyl (C=O) groups excluding carboxylic acids is 2. The summed E-state index contributed by atoms with van der Waals surface area (Å²) in [4.78, 5) is 24.2. The largest absolute Gasteiger partial charge is 0.462 e. The molecule has 0 unspecified atom stereocenters. The Morgan fingerprint density at radius 2 is 1.03 bits per heavy atom. The number of carbonyl (C=O) groups is 2. The van der Waals surface area contributed by atoms with Crippen LogP contribution in [0.3, 0.4) is 0 Å². The number of ether oxygens (including phenoxy) is 2. The number of hydrogen-bond donors (Lipinski definition) is 0. The Labute approximate surface area is 177 Å². The molecule has 0 spiro atoms. The van der Waals surface area contributed by atoms with Gasteiger partial charge >= 0.3 is 11.9 Å². The van der Waals surface area contributed by atoms with Crippen LogP contribution in [0.15, 0.2) is 24.3 Å². The molecule has 0 atom stereocenters. The zero-order valence-corrected chi connectivity index (χ0v) is 18.5. The first-order valence-corrected chi connectivity index (χ1v) is 11.6. The van der Waals surface area contributed by atoms with Crippen LogP contribution in [0.2, 0.25) is 0 Å². The first-order chi connectivity index (χ1) is 14.2. The normalized spacial score (nSPS) is 10.7. The molecule has 0 bridgehead atoms. The molecule has 0 radical (unpaired) electrons. The van der Waals surface area contributed by atoms with E-state index in [0.717, 1.165) is 12.8 Å². The van der Waals surface area contributed by atoms with Crippen LogP contribution in [0.5, 0.6) is 0 Å². The summed E-state index contributed by atoms with van der Waals surface area (Å²) in [7, 11) is 0. The molecule has 0 amide bonds. The third-order valence-corrected chi connectivity index (χ3v) is 5.12. The van der Waals surface area contributed by atoms with E-state index in [-0.39, 0.29) is 17.7 Å². The molecule has 4 nitrogen and oxygen atoms in total. The van der Waals surface area contributed by atoms with Crippen molar-refractivity contribution in [2.24, 2.45) is 0 Å². The van der Waals surface area contributed by atoms with Crippen molar-refractivity contribution in [3.63, 3.8) is 0 Å². The molecular formula is C25H40O4. The second-order valence-corrected chi connectivity index (χ2v) is 7.64. The summed E-state index contributed by atoms with van der Waals surface area (Å²) in [5.74, 6) is -0.936. The molecule has 0 saturated heterocycles. The fourth-order valence-electron chi connectivity index (χ4n) is 3.41. The summed E-state index contributed by atoms with van der Waals surface area (Å²) in [5, 5.41) is 0. The Bertz CT molecular complexity index is 568. The zero-order chi connectivity index (χ0) is 21.2. The standard InChI is InChI=1S/C25H40O4/c1-3-5-6-7-8-9-10-11-12-13-14-15-18-21-29-25(27)23-20-17-16-19-22(23)24(26)28-4-2/h16-17,19-20H,3-15,18,21H2,1-2H3. The molecular weight excluding hydrogens is 364 g/mol. The molecule has 0 heterocycles. The first kappa shape index (κ1) is 25.2. The fraction of sp³-hybridized carbons (Fsp3) is 0.680. The van der Waals surface area contributed by atoms with Gasteiger partial charge in [-0.3, -0.25) is 0 Å². The topological polar surface area (TPSA) is 52.6 Å². The van der Waals surface area contributed by atoms with Crippen molar-refractivity contribution >= 4 is 11.9 Å². The highest BCUT2D eigenvalue weighted by Crippen LogP contribution is 2.14. The minimum atomic E-state index is -0.485. The Hall–Kier alpha value is -1.84. The van der Waals surface area contributed by atoms with Crippen molar-refractivity contribution in [2.45, 2.75) is 97.3 Å². The minimum Gasteiger partial charge on any atom is -0.462 e. The van der Waals surface area contributed by atoms with E-state index in [0.29, 0.717) is 6.61 Å². The van der Waals surface area contributed by atoms with Crippen LogP contribution in [0.25, 0.3) is 0 Å². The van der Waals surface area contributed by atoms with Gasteiger partial charge in [-0.2, -0.15) is 0 Å². The highest BCUT2D eigenvalue weighted by Gasteiger charge is 2.18. The molecule has 0 aliphatic carbocycles. The maximum Gasteiger partial charge on any atom is 0.339 e. The summed E-state index contributed by atoms with van der Waals surface area (Å²) in [6.07, 6.45) is 16.7. The average Bonchev–Trinajstić information content (AvgIpc) is 2.74. The average molecular weight is 405 g/mol. The Morgan fingerprint density at radius 3 is 1.48 bits per heavy atom. The van der Waals surface area contributed by atoms with Crippen LogP contribution >= 0.6 is 0 Å². The van der Waals surface area contributed by atoms with E-state index in [2.05, 4.69) is 6.92 Å². The molecule has 1 aromatic rings. The van der Waals surface area contributed by atoms with E-state index in [1.807, 2.05) is 0 Å². The number of rotatable bonds is 17. The molecule has 1 aromatic carbocycles. The third kappa shape index (κ3) is 11.7. The zero-order valence-electron chi connectivity index (χ0n) is 18.5. The highest BCUT2D eigenvalue weighted by atomic mass is 16.5. The highest BCUT2D eigenvalue weighted by molar-refractivity contribution is 6.03. The van der Waals surface area contributed by atoms with Crippen LogP contribution in [0.1, 0.15) is 118 Å².